The summed E-state index contributed by atoms with van der Waals surface area (Å²) in [6, 6.07) is 5.51. The summed E-state index contributed by atoms with van der Waals surface area (Å²) in [4.78, 5) is 17.8. The van der Waals surface area contributed by atoms with Crippen LogP contribution in [-0.4, -0.2) is 31.1 Å². The molecule has 1 saturated heterocycles. The van der Waals surface area contributed by atoms with Crippen molar-refractivity contribution in [2.24, 2.45) is 5.14 Å². The van der Waals surface area contributed by atoms with Crippen LogP contribution in [0.4, 0.5) is 5.69 Å². The first-order valence-corrected chi connectivity index (χ1v) is 8.46. The molecule has 1 aliphatic heterocycles. The van der Waals surface area contributed by atoms with E-state index < -0.39 is 15.3 Å². The fraction of sp³-hybridized carbons (Fsp3) is 0.333. The third-order valence-electron chi connectivity index (χ3n) is 3.34. The Morgan fingerprint density at radius 2 is 2.20 bits per heavy atom. The smallest absolute Gasteiger partial charge is 0.228 e. The fourth-order valence-electron chi connectivity index (χ4n) is 2.34. The van der Waals surface area contributed by atoms with Gasteiger partial charge < -0.3 is 4.90 Å². The highest BCUT2D eigenvalue weighted by Crippen LogP contribution is 2.29. The Kier molecular flexibility index (Phi) is 3.03. The minimum absolute atomic E-state index is 0.0625. The van der Waals surface area contributed by atoms with Crippen LogP contribution in [0.5, 0.6) is 0 Å². The first kappa shape index (κ1) is 13.5. The second-order valence-corrected chi connectivity index (χ2v) is 7.88. The van der Waals surface area contributed by atoms with Gasteiger partial charge in [-0.1, -0.05) is 0 Å². The van der Waals surface area contributed by atoms with Crippen LogP contribution in [0.15, 0.2) is 18.2 Å². The summed E-state index contributed by atoms with van der Waals surface area (Å²) < 4.78 is 23.8. The Hall–Kier alpha value is -1.51. The number of benzene rings is 1. The molecule has 0 aliphatic carbocycles. The van der Waals surface area contributed by atoms with Crippen LogP contribution in [0, 0.1) is 6.92 Å². The van der Waals surface area contributed by atoms with Crippen molar-refractivity contribution in [3.63, 3.8) is 0 Å². The number of aryl methyl sites for hydroxylation is 1. The minimum Gasteiger partial charge on any atom is -0.311 e. The molecule has 6 nitrogen and oxygen atoms in total. The highest BCUT2D eigenvalue weighted by Gasteiger charge is 2.37. The molecular formula is C12H13N3O3S2. The number of nitrogens with two attached hydrogens (primary N) is 1. The van der Waals surface area contributed by atoms with Crippen molar-refractivity contribution in [2.75, 3.05) is 11.4 Å². The molecule has 20 heavy (non-hydrogen) atoms. The molecule has 2 heterocycles. The van der Waals surface area contributed by atoms with E-state index in [1.807, 2.05) is 25.1 Å². The van der Waals surface area contributed by atoms with Crippen LogP contribution in [-0.2, 0) is 14.8 Å². The van der Waals surface area contributed by atoms with Gasteiger partial charge in [0.05, 0.1) is 15.2 Å². The number of hydrogen-bond acceptors (Lipinski definition) is 5. The quantitative estimate of drug-likeness (QED) is 0.895. The molecule has 1 unspecified atom stereocenters. The van der Waals surface area contributed by atoms with Crippen molar-refractivity contribution in [3.05, 3.63) is 23.2 Å². The number of thiazole rings is 1. The molecule has 3 rings (SSSR count). The lowest BCUT2D eigenvalue weighted by Crippen LogP contribution is -2.32. The molecule has 1 aromatic heterocycles. The summed E-state index contributed by atoms with van der Waals surface area (Å²) in [5.41, 5.74) is 1.48. The van der Waals surface area contributed by atoms with Crippen LogP contribution in [0.3, 0.4) is 0 Å². The molecule has 106 valence electrons. The molecule has 1 amide bonds. The molecule has 1 aromatic carbocycles. The first-order valence-electron chi connectivity index (χ1n) is 6.04. The molecule has 0 spiro atoms. The lowest BCUT2D eigenvalue weighted by molar-refractivity contribution is -0.117. The molecule has 2 aromatic rings. The van der Waals surface area contributed by atoms with Crippen molar-refractivity contribution in [1.29, 1.82) is 0 Å². The summed E-state index contributed by atoms with van der Waals surface area (Å²) >= 11 is 1.58. The van der Waals surface area contributed by atoms with Gasteiger partial charge in [0, 0.05) is 18.7 Å². The summed E-state index contributed by atoms with van der Waals surface area (Å²) in [6.07, 6.45) is -0.0625. The van der Waals surface area contributed by atoms with E-state index in [2.05, 4.69) is 4.98 Å². The van der Waals surface area contributed by atoms with Gasteiger partial charge in [0.2, 0.25) is 15.9 Å². The number of carbonyl (C=O) groups is 1. The molecule has 1 atom stereocenters. The van der Waals surface area contributed by atoms with Gasteiger partial charge in [-0.05, 0) is 25.1 Å². The van der Waals surface area contributed by atoms with Gasteiger partial charge in [0.1, 0.15) is 5.25 Å². The number of fused-ring (bicyclic) bond motifs is 1. The number of hydrogen-bond donors (Lipinski definition) is 1. The third-order valence-corrected chi connectivity index (χ3v) is 5.54. The van der Waals surface area contributed by atoms with Gasteiger partial charge in [0.15, 0.2) is 0 Å². The summed E-state index contributed by atoms with van der Waals surface area (Å²) in [6.45, 7) is 2.02. The highest BCUT2D eigenvalue weighted by molar-refractivity contribution is 7.89. The standard InChI is InChI=1S/C12H13N3O3S2/c1-7-14-10-4-8(2-3-11(10)19-7)15-6-9(5-12(15)16)20(13,17)18/h2-4,9H,5-6H2,1H3,(H2,13,17,18). The van der Waals surface area contributed by atoms with E-state index in [4.69, 9.17) is 5.14 Å². The topological polar surface area (TPSA) is 93.4 Å². The number of carbonyl (C=O) groups excluding carboxylic acids is 1. The molecule has 0 saturated carbocycles. The average Bonchev–Trinajstić information content (AvgIpc) is 2.89. The second kappa shape index (κ2) is 4.51. The molecule has 2 N–H and O–H groups in total. The second-order valence-electron chi connectivity index (χ2n) is 4.80. The number of anilines is 1. The molecule has 0 bridgehead atoms. The SMILES string of the molecule is Cc1nc2cc(N3CC(S(N)(=O)=O)CC3=O)ccc2s1. The Balaban J connectivity index is 1.97. The van der Waals surface area contributed by atoms with Gasteiger partial charge in [0.25, 0.3) is 0 Å². The maximum absolute atomic E-state index is 12.0. The van der Waals surface area contributed by atoms with Crippen LogP contribution >= 0.6 is 11.3 Å². The summed E-state index contributed by atoms with van der Waals surface area (Å²) in [7, 11) is -3.69. The fourth-order valence-corrected chi connectivity index (χ4v) is 3.88. The summed E-state index contributed by atoms with van der Waals surface area (Å²) in [5.74, 6) is -0.227. The lowest BCUT2D eigenvalue weighted by atomic mass is 10.3. The number of nitrogens with zero attached hydrogens (tertiary/aromatic N) is 2. The normalized spacial score (nSPS) is 20.0. The van der Waals surface area contributed by atoms with Crippen molar-refractivity contribution in [2.45, 2.75) is 18.6 Å². The zero-order valence-corrected chi connectivity index (χ0v) is 12.4. The van der Waals surface area contributed by atoms with E-state index >= 15 is 0 Å². The third kappa shape index (κ3) is 2.30. The number of amides is 1. The van der Waals surface area contributed by atoms with E-state index in [0.29, 0.717) is 5.69 Å². The predicted molar refractivity (Wildman–Crippen MR) is 78.2 cm³/mol. The van der Waals surface area contributed by atoms with Crippen molar-refractivity contribution in [3.8, 4) is 0 Å². The van der Waals surface area contributed by atoms with E-state index in [1.54, 1.807) is 11.3 Å². The maximum atomic E-state index is 12.0. The monoisotopic (exact) mass is 311 g/mol. The maximum Gasteiger partial charge on any atom is 0.228 e. The Morgan fingerprint density at radius 1 is 1.45 bits per heavy atom. The first-order chi connectivity index (χ1) is 9.34. The number of rotatable bonds is 2. The van der Waals surface area contributed by atoms with Crippen LogP contribution in [0.1, 0.15) is 11.4 Å². The van der Waals surface area contributed by atoms with Crippen LogP contribution < -0.4 is 10.0 Å². The molecular weight excluding hydrogens is 298 g/mol. The van der Waals surface area contributed by atoms with Gasteiger partial charge >= 0.3 is 0 Å². The minimum atomic E-state index is -3.69. The number of primary sulfonamides is 1. The molecule has 8 heteroatoms. The zero-order valence-electron chi connectivity index (χ0n) is 10.7. The number of aromatic nitrogens is 1. The van der Waals surface area contributed by atoms with E-state index in [9.17, 15) is 13.2 Å². The Morgan fingerprint density at radius 3 is 2.85 bits per heavy atom. The van der Waals surface area contributed by atoms with Gasteiger partial charge in [-0.15, -0.1) is 11.3 Å². The Labute approximate surface area is 120 Å². The van der Waals surface area contributed by atoms with Crippen molar-refractivity contribution < 1.29 is 13.2 Å². The van der Waals surface area contributed by atoms with Crippen molar-refractivity contribution >= 4 is 43.2 Å². The molecule has 1 fully saturated rings. The summed E-state index contributed by atoms with van der Waals surface area (Å²) in [5, 5.41) is 5.24. The average molecular weight is 311 g/mol. The lowest BCUT2D eigenvalue weighted by Gasteiger charge is -2.16. The van der Waals surface area contributed by atoms with E-state index in [-0.39, 0.29) is 18.9 Å². The molecule has 1 aliphatic rings. The predicted octanol–water partition coefficient (Wildman–Crippen LogP) is 0.999. The van der Waals surface area contributed by atoms with Gasteiger partial charge in [-0.2, -0.15) is 0 Å². The number of sulfonamides is 1. The van der Waals surface area contributed by atoms with E-state index in [1.165, 1.54) is 4.90 Å². The van der Waals surface area contributed by atoms with Gasteiger partial charge in [-0.25, -0.2) is 18.5 Å². The highest BCUT2D eigenvalue weighted by atomic mass is 32.2. The van der Waals surface area contributed by atoms with Crippen LogP contribution in [0.25, 0.3) is 10.2 Å². The largest absolute Gasteiger partial charge is 0.311 e. The van der Waals surface area contributed by atoms with Crippen LogP contribution in [0.2, 0.25) is 0 Å². The Bertz CT molecular complexity index is 797. The van der Waals surface area contributed by atoms with Crippen molar-refractivity contribution in [1.82, 2.24) is 4.98 Å². The molecule has 0 radical (unpaired) electrons. The van der Waals surface area contributed by atoms with Gasteiger partial charge in [-0.3, -0.25) is 4.79 Å². The van der Waals surface area contributed by atoms with E-state index in [0.717, 1.165) is 15.2 Å². The zero-order chi connectivity index (χ0) is 14.5.